The van der Waals surface area contributed by atoms with E-state index in [1.807, 2.05) is 42.6 Å². The van der Waals surface area contributed by atoms with Crippen LogP contribution in [0.1, 0.15) is 24.9 Å². The number of thiophene rings is 2. The Morgan fingerprint density at radius 3 is 2.43 bits per heavy atom. The smallest absolute Gasteiger partial charge is 0.339 e. The molecule has 2 aromatic heterocycles. The van der Waals surface area contributed by atoms with Crippen molar-refractivity contribution in [1.29, 1.82) is 0 Å². The van der Waals surface area contributed by atoms with Gasteiger partial charge in [-0.3, -0.25) is 4.79 Å². The van der Waals surface area contributed by atoms with E-state index in [0.29, 0.717) is 15.4 Å². The zero-order chi connectivity index (χ0) is 16.4. The van der Waals surface area contributed by atoms with Gasteiger partial charge < -0.3 is 10.4 Å². The van der Waals surface area contributed by atoms with Crippen LogP contribution in [-0.2, 0) is 0 Å². The summed E-state index contributed by atoms with van der Waals surface area (Å²) in [7, 11) is 0. The molecule has 3 aromatic rings. The first-order valence-corrected chi connectivity index (χ1v) is 8.54. The number of hydrogen-bond donors (Lipinski definition) is 2. The van der Waals surface area contributed by atoms with Crippen molar-refractivity contribution in [3.8, 4) is 11.1 Å². The highest BCUT2D eigenvalue weighted by Crippen LogP contribution is 2.40. The van der Waals surface area contributed by atoms with Crippen LogP contribution in [0, 0.1) is 6.92 Å². The van der Waals surface area contributed by atoms with Crippen LogP contribution in [0.25, 0.3) is 11.1 Å². The molecule has 0 radical (unpaired) electrons. The molecular formula is C17H13NO3S2. The van der Waals surface area contributed by atoms with Gasteiger partial charge in [-0.25, -0.2) is 4.79 Å². The second-order valence-electron chi connectivity index (χ2n) is 4.84. The van der Waals surface area contributed by atoms with Gasteiger partial charge in [0.1, 0.15) is 10.6 Å². The van der Waals surface area contributed by atoms with Crippen molar-refractivity contribution < 1.29 is 14.7 Å². The summed E-state index contributed by atoms with van der Waals surface area (Å²) in [5, 5.41) is 14.5. The Labute approximate surface area is 141 Å². The minimum atomic E-state index is -1.05. The third-order valence-corrected chi connectivity index (χ3v) is 5.22. The normalized spacial score (nSPS) is 10.5. The molecule has 4 nitrogen and oxygen atoms in total. The fourth-order valence-electron chi connectivity index (χ4n) is 2.36. The van der Waals surface area contributed by atoms with Gasteiger partial charge in [-0.15, -0.1) is 22.7 Å². The van der Waals surface area contributed by atoms with E-state index >= 15 is 0 Å². The number of carboxylic acids is 1. The first-order chi connectivity index (χ1) is 11.1. The number of nitrogens with one attached hydrogen (secondary N) is 1. The summed E-state index contributed by atoms with van der Waals surface area (Å²) >= 11 is 2.60. The van der Waals surface area contributed by atoms with Gasteiger partial charge in [0.15, 0.2) is 0 Å². The van der Waals surface area contributed by atoms with Crippen LogP contribution >= 0.6 is 22.7 Å². The summed E-state index contributed by atoms with van der Waals surface area (Å²) in [4.78, 5) is 25.4. The molecule has 0 fully saturated rings. The maximum absolute atomic E-state index is 12.2. The van der Waals surface area contributed by atoms with Crippen molar-refractivity contribution in [2.75, 3.05) is 5.32 Å². The SMILES string of the molecule is Cc1sc(NC(=O)c2cccs2)c(C(=O)O)c1-c1ccccc1. The van der Waals surface area contributed by atoms with E-state index in [4.69, 9.17) is 0 Å². The Morgan fingerprint density at radius 2 is 1.83 bits per heavy atom. The molecule has 0 aliphatic heterocycles. The Balaban J connectivity index is 2.05. The van der Waals surface area contributed by atoms with Gasteiger partial charge >= 0.3 is 5.97 Å². The van der Waals surface area contributed by atoms with E-state index < -0.39 is 5.97 Å². The molecule has 3 rings (SSSR count). The van der Waals surface area contributed by atoms with Gasteiger partial charge in [0.25, 0.3) is 5.91 Å². The zero-order valence-electron chi connectivity index (χ0n) is 12.2. The number of carboxylic acid groups (broad SMARTS) is 1. The predicted octanol–water partition coefficient (Wildman–Crippen LogP) is 4.74. The molecular weight excluding hydrogens is 330 g/mol. The molecule has 0 saturated carbocycles. The maximum atomic E-state index is 12.2. The maximum Gasteiger partial charge on any atom is 0.339 e. The second kappa shape index (κ2) is 6.36. The van der Waals surface area contributed by atoms with Crippen LogP contribution in [0.4, 0.5) is 5.00 Å². The summed E-state index contributed by atoms with van der Waals surface area (Å²) in [6, 6.07) is 12.8. The van der Waals surface area contributed by atoms with E-state index in [1.54, 1.807) is 12.1 Å². The van der Waals surface area contributed by atoms with Crippen LogP contribution in [-0.4, -0.2) is 17.0 Å². The largest absolute Gasteiger partial charge is 0.478 e. The quantitative estimate of drug-likeness (QED) is 0.719. The molecule has 0 saturated heterocycles. The van der Waals surface area contributed by atoms with E-state index in [2.05, 4.69) is 5.32 Å². The fraction of sp³-hybridized carbons (Fsp3) is 0.0588. The number of carbonyl (C=O) groups excluding carboxylic acids is 1. The Morgan fingerprint density at radius 1 is 1.09 bits per heavy atom. The lowest BCUT2D eigenvalue weighted by atomic mass is 10.0. The molecule has 0 aliphatic carbocycles. The third-order valence-electron chi connectivity index (χ3n) is 3.33. The molecule has 0 atom stereocenters. The first-order valence-electron chi connectivity index (χ1n) is 6.85. The molecule has 6 heteroatoms. The highest BCUT2D eigenvalue weighted by molar-refractivity contribution is 7.17. The number of hydrogen-bond acceptors (Lipinski definition) is 4. The van der Waals surface area contributed by atoms with Crippen LogP contribution in [0.3, 0.4) is 0 Å². The minimum Gasteiger partial charge on any atom is -0.478 e. The van der Waals surface area contributed by atoms with Crippen molar-refractivity contribution in [3.05, 3.63) is 63.2 Å². The van der Waals surface area contributed by atoms with E-state index in [1.165, 1.54) is 22.7 Å². The minimum absolute atomic E-state index is 0.142. The van der Waals surface area contributed by atoms with Gasteiger partial charge in [0.05, 0.1) is 4.88 Å². The molecule has 116 valence electrons. The van der Waals surface area contributed by atoms with E-state index in [9.17, 15) is 14.7 Å². The van der Waals surface area contributed by atoms with Gasteiger partial charge in [-0.2, -0.15) is 0 Å². The predicted molar refractivity (Wildman–Crippen MR) is 93.7 cm³/mol. The van der Waals surface area contributed by atoms with Gasteiger partial charge in [-0.05, 0) is 23.9 Å². The monoisotopic (exact) mass is 343 g/mol. The molecule has 2 N–H and O–H groups in total. The van der Waals surface area contributed by atoms with Crippen molar-refractivity contribution in [3.63, 3.8) is 0 Å². The summed E-state index contributed by atoms with van der Waals surface area (Å²) in [5.74, 6) is -1.34. The average Bonchev–Trinajstić information content (AvgIpc) is 3.16. The zero-order valence-corrected chi connectivity index (χ0v) is 13.8. The van der Waals surface area contributed by atoms with Gasteiger partial charge in [0, 0.05) is 10.4 Å². The Kier molecular flexibility index (Phi) is 4.27. The lowest BCUT2D eigenvalue weighted by Gasteiger charge is -2.05. The molecule has 0 bridgehead atoms. The number of benzene rings is 1. The molecule has 0 unspecified atom stereocenters. The van der Waals surface area contributed by atoms with Crippen LogP contribution in [0.5, 0.6) is 0 Å². The molecule has 1 amide bonds. The standard InChI is InChI=1S/C17H13NO3S2/c1-10-13(11-6-3-2-4-7-11)14(17(20)21)16(23-10)18-15(19)12-8-5-9-22-12/h2-9H,1H3,(H,18,19)(H,20,21). The highest BCUT2D eigenvalue weighted by Gasteiger charge is 2.24. The molecule has 0 aliphatic rings. The topological polar surface area (TPSA) is 66.4 Å². The molecule has 23 heavy (non-hydrogen) atoms. The number of rotatable bonds is 4. The summed E-state index contributed by atoms with van der Waals surface area (Å²) < 4.78 is 0. The number of aryl methyl sites for hydroxylation is 1. The highest BCUT2D eigenvalue weighted by atomic mass is 32.1. The third kappa shape index (κ3) is 3.04. The molecule has 2 heterocycles. The number of carbonyl (C=O) groups is 2. The van der Waals surface area contributed by atoms with Crippen LogP contribution < -0.4 is 5.32 Å². The van der Waals surface area contributed by atoms with Crippen molar-refractivity contribution in [2.24, 2.45) is 0 Å². The van der Waals surface area contributed by atoms with Gasteiger partial charge in [0.2, 0.25) is 0 Å². The number of anilines is 1. The number of aromatic carboxylic acids is 1. The van der Waals surface area contributed by atoms with Crippen molar-refractivity contribution >= 4 is 39.6 Å². The summed E-state index contributed by atoms with van der Waals surface area (Å²) in [6.07, 6.45) is 0. The fourth-order valence-corrected chi connectivity index (χ4v) is 4.04. The second-order valence-corrected chi connectivity index (χ2v) is 7.01. The Bertz CT molecular complexity index is 852. The summed E-state index contributed by atoms with van der Waals surface area (Å²) in [5.41, 5.74) is 1.63. The first kappa shape index (κ1) is 15.5. The summed E-state index contributed by atoms with van der Waals surface area (Å²) in [6.45, 7) is 1.86. The van der Waals surface area contributed by atoms with Crippen molar-refractivity contribution in [1.82, 2.24) is 0 Å². The van der Waals surface area contributed by atoms with Crippen LogP contribution in [0.2, 0.25) is 0 Å². The van der Waals surface area contributed by atoms with Crippen molar-refractivity contribution in [2.45, 2.75) is 6.92 Å². The lowest BCUT2D eigenvalue weighted by molar-refractivity contribution is 0.0699. The van der Waals surface area contributed by atoms with E-state index in [-0.39, 0.29) is 11.5 Å². The average molecular weight is 343 g/mol. The van der Waals surface area contributed by atoms with E-state index in [0.717, 1.165) is 10.4 Å². The molecule has 1 aromatic carbocycles. The molecule has 0 spiro atoms. The lowest BCUT2D eigenvalue weighted by Crippen LogP contribution is -2.12. The van der Waals surface area contributed by atoms with Crippen LogP contribution in [0.15, 0.2) is 47.8 Å². The Hall–Kier alpha value is -2.44. The van der Waals surface area contributed by atoms with Gasteiger partial charge in [-0.1, -0.05) is 36.4 Å². The number of amides is 1.